The minimum Gasteiger partial charge on any atom is -0.508 e. The van der Waals surface area contributed by atoms with Crippen LogP contribution in [0.5, 0.6) is 5.75 Å². The fraction of sp³-hybridized carbons (Fsp3) is 0.280. The molecule has 31 heavy (non-hydrogen) atoms. The molecule has 6 nitrogen and oxygen atoms in total. The molecule has 3 aromatic rings. The van der Waals surface area contributed by atoms with E-state index >= 15 is 0 Å². The standard InChI is InChI=1S/C25H27N3O3/c1-19-10-12-27(13-11-20-6-3-2-4-7-20)24(30)23(19)25(31)28-16-14-26(15-17-28)21-8-5-9-22(29)18-21/h2-10,12,18,29H,11,13-17H2,1H3. The van der Waals surface area contributed by atoms with Gasteiger partial charge in [0.1, 0.15) is 11.3 Å². The van der Waals surface area contributed by atoms with Gasteiger partial charge >= 0.3 is 0 Å². The van der Waals surface area contributed by atoms with E-state index in [1.165, 1.54) is 0 Å². The van der Waals surface area contributed by atoms with Gasteiger partial charge in [-0.3, -0.25) is 9.59 Å². The number of benzene rings is 2. The summed E-state index contributed by atoms with van der Waals surface area (Å²) < 4.78 is 1.64. The molecule has 4 rings (SSSR count). The van der Waals surface area contributed by atoms with E-state index in [2.05, 4.69) is 4.90 Å². The van der Waals surface area contributed by atoms with Gasteiger partial charge in [0, 0.05) is 50.7 Å². The van der Waals surface area contributed by atoms with Crippen molar-refractivity contribution >= 4 is 11.6 Å². The molecule has 1 fully saturated rings. The summed E-state index contributed by atoms with van der Waals surface area (Å²) in [6.07, 6.45) is 2.51. The summed E-state index contributed by atoms with van der Waals surface area (Å²) in [5.41, 5.74) is 2.84. The van der Waals surface area contributed by atoms with E-state index in [-0.39, 0.29) is 22.8 Å². The number of hydrogen-bond acceptors (Lipinski definition) is 4. The molecule has 1 N–H and O–H groups in total. The predicted octanol–water partition coefficient (Wildman–Crippen LogP) is 3.07. The quantitative estimate of drug-likeness (QED) is 0.693. The first-order chi connectivity index (χ1) is 15.0. The number of aryl methyl sites for hydroxylation is 3. The Hall–Kier alpha value is -3.54. The summed E-state index contributed by atoms with van der Waals surface area (Å²) in [6, 6.07) is 19.0. The number of aromatic nitrogens is 1. The highest BCUT2D eigenvalue weighted by Gasteiger charge is 2.26. The summed E-state index contributed by atoms with van der Waals surface area (Å²) >= 11 is 0. The first-order valence-corrected chi connectivity index (χ1v) is 10.6. The smallest absolute Gasteiger partial charge is 0.263 e. The largest absolute Gasteiger partial charge is 0.508 e. The lowest BCUT2D eigenvalue weighted by Crippen LogP contribution is -2.50. The summed E-state index contributed by atoms with van der Waals surface area (Å²) in [5, 5.41) is 9.71. The molecule has 0 spiro atoms. The SMILES string of the molecule is Cc1ccn(CCc2ccccc2)c(=O)c1C(=O)N1CCN(c2cccc(O)c2)CC1. The van der Waals surface area contributed by atoms with Crippen molar-refractivity contribution in [2.45, 2.75) is 19.9 Å². The Balaban J connectivity index is 1.46. The number of amides is 1. The van der Waals surface area contributed by atoms with Gasteiger partial charge in [-0.2, -0.15) is 0 Å². The average molecular weight is 418 g/mol. The van der Waals surface area contributed by atoms with E-state index in [9.17, 15) is 14.7 Å². The van der Waals surface area contributed by atoms with Gasteiger partial charge < -0.3 is 19.5 Å². The maximum Gasteiger partial charge on any atom is 0.263 e. The van der Waals surface area contributed by atoms with Crippen LogP contribution in [0.1, 0.15) is 21.5 Å². The van der Waals surface area contributed by atoms with Crippen LogP contribution in [0.4, 0.5) is 5.69 Å². The van der Waals surface area contributed by atoms with E-state index in [4.69, 9.17) is 0 Å². The Morgan fingerprint density at radius 2 is 1.71 bits per heavy atom. The molecule has 0 bridgehead atoms. The van der Waals surface area contributed by atoms with Crippen LogP contribution in [0, 0.1) is 6.92 Å². The lowest BCUT2D eigenvalue weighted by atomic mass is 10.1. The van der Waals surface area contributed by atoms with Crippen molar-refractivity contribution in [3.63, 3.8) is 0 Å². The van der Waals surface area contributed by atoms with Crippen molar-refractivity contribution in [2.75, 3.05) is 31.1 Å². The number of phenolic OH excluding ortho intramolecular Hbond substituents is 1. The fourth-order valence-corrected chi connectivity index (χ4v) is 4.01. The van der Waals surface area contributed by atoms with Crippen LogP contribution >= 0.6 is 0 Å². The number of carbonyl (C=O) groups is 1. The van der Waals surface area contributed by atoms with Gasteiger partial charge in [0.25, 0.3) is 11.5 Å². The van der Waals surface area contributed by atoms with Crippen molar-refractivity contribution in [3.8, 4) is 5.75 Å². The number of hydrogen-bond donors (Lipinski definition) is 1. The maximum atomic E-state index is 13.2. The molecule has 0 unspecified atom stereocenters. The van der Waals surface area contributed by atoms with E-state index in [1.54, 1.807) is 27.8 Å². The molecule has 2 aromatic carbocycles. The van der Waals surface area contributed by atoms with Gasteiger partial charge in [-0.1, -0.05) is 36.4 Å². The molecular formula is C25H27N3O3. The Kier molecular flexibility index (Phi) is 6.07. The minimum absolute atomic E-state index is 0.202. The lowest BCUT2D eigenvalue weighted by Gasteiger charge is -2.36. The first kappa shape index (κ1) is 20.7. The number of phenols is 1. The summed E-state index contributed by atoms with van der Waals surface area (Å²) in [4.78, 5) is 30.2. The maximum absolute atomic E-state index is 13.2. The summed E-state index contributed by atoms with van der Waals surface area (Å²) in [5.74, 6) is 0.0269. The van der Waals surface area contributed by atoms with Crippen molar-refractivity contribution in [3.05, 3.63) is 93.9 Å². The van der Waals surface area contributed by atoms with E-state index < -0.39 is 0 Å². The van der Waals surface area contributed by atoms with Crippen molar-refractivity contribution in [1.82, 2.24) is 9.47 Å². The zero-order valence-corrected chi connectivity index (χ0v) is 17.7. The zero-order valence-electron chi connectivity index (χ0n) is 17.7. The number of rotatable bonds is 5. The summed E-state index contributed by atoms with van der Waals surface area (Å²) in [6.45, 7) is 4.74. The van der Waals surface area contributed by atoms with Gasteiger partial charge in [0.2, 0.25) is 0 Å². The van der Waals surface area contributed by atoms with Gasteiger partial charge in [-0.05, 0) is 42.7 Å². The third kappa shape index (κ3) is 4.63. The van der Waals surface area contributed by atoms with Crippen LogP contribution in [0.2, 0.25) is 0 Å². The first-order valence-electron chi connectivity index (χ1n) is 10.6. The Bertz CT molecular complexity index is 1120. The molecule has 1 aliphatic rings. The molecule has 2 heterocycles. The molecule has 6 heteroatoms. The second-order valence-electron chi connectivity index (χ2n) is 7.91. The molecule has 1 aliphatic heterocycles. The van der Waals surface area contributed by atoms with Crippen LogP contribution in [0.25, 0.3) is 0 Å². The van der Waals surface area contributed by atoms with Gasteiger partial charge in [-0.15, -0.1) is 0 Å². The second-order valence-corrected chi connectivity index (χ2v) is 7.91. The highest BCUT2D eigenvalue weighted by molar-refractivity contribution is 5.95. The predicted molar refractivity (Wildman–Crippen MR) is 122 cm³/mol. The van der Waals surface area contributed by atoms with Crippen molar-refractivity contribution in [2.24, 2.45) is 0 Å². The van der Waals surface area contributed by atoms with Gasteiger partial charge in [-0.25, -0.2) is 0 Å². The normalized spacial score (nSPS) is 14.0. The zero-order chi connectivity index (χ0) is 21.8. The second kappa shape index (κ2) is 9.08. The van der Waals surface area contributed by atoms with Crippen LogP contribution < -0.4 is 10.5 Å². The topological polar surface area (TPSA) is 65.8 Å². The molecule has 1 aromatic heterocycles. The number of pyridine rings is 1. The van der Waals surface area contributed by atoms with E-state index in [0.29, 0.717) is 38.3 Å². The average Bonchev–Trinajstić information content (AvgIpc) is 2.79. The Morgan fingerprint density at radius 1 is 0.968 bits per heavy atom. The molecule has 0 atom stereocenters. The monoisotopic (exact) mass is 417 g/mol. The van der Waals surface area contributed by atoms with Gasteiger partial charge in [0.05, 0.1) is 0 Å². The Morgan fingerprint density at radius 3 is 2.42 bits per heavy atom. The van der Waals surface area contributed by atoms with Crippen molar-refractivity contribution in [1.29, 1.82) is 0 Å². The van der Waals surface area contributed by atoms with Crippen LogP contribution in [0.15, 0.2) is 71.7 Å². The highest BCUT2D eigenvalue weighted by Crippen LogP contribution is 2.21. The molecule has 1 saturated heterocycles. The van der Waals surface area contributed by atoms with Crippen LogP contribution in [0.3, 0.4) is 0 Å². The summed E-state index contributed by atoms with van der Waals surface area (Å²) in [7, 11) is 0. The molecule has 1 amide bonds. The van der Waals surface area contributed by atoms with E-state index in [1.807, 2.05) is 55.5 Å². The number of piperazine rings is 1. The number of carbonyl (C=O) groups excluding carboxylic acids is 1. The van der Waals surface area contributed by atoms with Crippen LogP contribution in [-0.2, 0) is 13.0 Å². The molecule has 160 valence electrons. The van der Waals surface area contributed by atoms with Gasteiger partial charge in [0.15, 0.2) is 0 Å². The van der Waals surface area contributed by atoms with Crippen molar-refractivity contribution < 1.29 is 9.90 Å². The molecular weight excluding hydrogens is 390 g/mol. The van der Waals surface area contributed by atoms with Crippen LogP contribution in [-0.4, -0.2) is 46.7 Å². The molecule has 0 saturated carbocycles. The molecule has 0 radical (unpaired) electrons. The molecule has 0 aliphatic carbocycles. The Labute approximate surface area is 182 Å². The minimum atomic E-state index is -0.226. The number of aromatic hydroxyl groups is 1. The lowest BCUT2D eigenvalue weighted by molar-refractivity contribution is 0.0743. The third-order valence-corrected chi connectivity index (χ3v) is 5.83. The fourth-order valence-electron chi connectivity index (χ4n) is 4.01. The number of nitrogens with zero attached hydrogens (tertiary/aromatic N) is 3. The van der Waals surface area contributed by atoms with E-state index in [0.717, 1.165) is 17.7 Å². The third-order valence-electron chi connectivity index (χ3n) is 5.83. The highest BCUT2D eigenvalue weighted by atomic mass is 16.3. The number of anilines is 1.